The summed E-state index contributed by atoms with van der Waals surface area (Å²) in [4.78, 5) is 28.1. The third-order valence-corrected chi connectivity index (χ3v) is 5.40. The molecule has 0 aliphatic carbocycles. The molecule has 0 amide bonds. The number of carbonyl (C=O) groups is 2. The van der Waals surface area contributed by atoms with Gasteiger partial charge in [-0.2, -0.15) is 10.4 Å². The predicted molar refractivity (Wildman–Crippen MR) is 110 cm³/mol. The molecule has 1 aliphatic heterocycles. The van der Waals surface area contributed by atoms with E-state index in [9.17, 15) is 20.0 Å². The highest BCUT2D eigenvalue weighted by molar-refractivity contribution is 5.75. The molecule has 1 aliphatic rings. The number of aliphatic hydroxyl groups excluding tert-OH is 1. The van der Waals surface area contributed by atoms with Gasteiger partial charge in [0.15, 0.2) is 11.9 Å². The van der Waals surface area contributed by atoms with Gasteiger partial charge in [0.25, 0.3) is 0 Å². The lowest BCUT2D eigenvalue weighted by Crippen LogP contribution is -2.43. The number of nitrogens with two attached hydrogens (primary N) is 2. The van der Waals surface area contributed by atoms with Gasteiger partial charge in [-0.05, 0) is 18.1 Å². The molecular weight excluding hydrogens is 420 g/mol. The zero-order chi connectivity index (χ0) is 23.6. The van der Waals surface area contributed by atoms with E-state index in [2.05, 4.69) is 10.1 Å². The SMILES string of the molecule is CCC(=O)O[C@H]1[C@@H](O)[C@](C#N)(c2ccc3c(N)ncnn23)O[C@@H]1COC(=O)[C@@H](N)C(C)C. The fraction of sp³-hybridized carbons (Fsp3) is 0.550. The molecule has 1 saturated heterocycles. The fourth-order valence-corrected chi connectivity index (χ4v) is 3.44. The number of aromatic nitrogens is 3. The molecule has 32 heavy (non-hydrogen) atoms. The maximum atomic E-state index is 12.2. The summed E-state index contributed by atoms with van der Waals surface area (Å²) in [6.07, 6.45) is -2.80. The zero-order valence-corrected chi connectivity index (χ0v) is 18.0. The summed E-state index contributed by atoms with van der Waals surface area (Å²) in [5.41, 5.74) is 10.2. The van der Waals surface area contributed by atoms with Crippen LogP contribution in [0.5, 0.6) is 0 Å². The van der Waals surface area contributed by atoms with Crippen molar-refractivity contribution in [2.45, 2.75) is 57.1 Å². The molecule has 0 spiro atoms. The topological polar surface area (TPSA) is 188 Å². The third-order valence-electron chi connectivity index (χ3n) is 5.40. The molecule has 12 nitrogen and oxygen atoms in total. The van der Waals surface area contributed by atoms with E-state index in [1.807, 2.05) is 6.07 Å². The van der Waals surface area contributed by atoms with E-state index in [4.69, 9.17) is 25.7 Å². The minimum Gasteiger partial charge on any atom is -0.462 e. The van der Waals surface area contributed by atoms with Crippen molar-refractivity contribution in [3.63, 3.8) is 0 Å². The molecule has 2 aromatic rings. The molecule has 5 N–H and O–H groups in total. The van der Waals surface area contributed by atoms with Gasteiger partial charge in [0, 0.05) is 6.42 Å². The highest BCUT2D eigenvalue weighted by atomic mass is 16.6. The zero-order valence-electron chi connectivity index (χ0n) is 18.0. The Balaban J connectivity index is 1.97. The summed E-state index contributed by atoms with van der Waals surface area (Å²) in [5.74, 6) is -1.30. The monoisotopic (exact) mass is 446 g/mol. The first-order chi connectivity index (χ1) is 15.2. The van der Waals surface area contributed by atoms with Crippen molar-refractivity contribution < 1.29 is 28.9 Å². The van der Waals surface area contributed by atoms with Crippen molar-refractivity contribution in [1.29, 1.82) is 5.26 Å². The van der Waals surface area contributed by atoms with Crippen LogP contribution in [0.15, 0.2) is 18.5 Å². The van der Waals surface area contributed by atoms with Crippen LogP contribution in [0.4, 0.5) is 5.82 Å². The maximum Gasteiger partial charge on any atom is 0.323 e. The number of nitrogens with zero attached hydrogens (tertiary/aromatic N) is 4. The number of ether oxygens (including phenoxy) is 3. The Morgan fingerprint density at radius 1 is 1.44 bits per heavy atom. The quantitative estimate of drug-likeness (QED) is 0.471. The van der Waals surface area contributed by atoms with Crippen LogP contribution < -0.4 is 11.5 Å². The molecule has 0 radical (unpaired) electrons. The molecule has 12 heteroatoms. The summed E-state index contributed by atoms with van der Waals surface area (Å²) in [6, 6.07) is 4.18. The van der Waals surface area contributed by atoms with Gasteiger partial charge in [-0.25, -0.2) is 9.50 Å². The van der Waals surface area contributed by atoms with Gasteiger partial charge in [0.05, 0.1) is 5.69 Å². The van der Waals surface area contributed by atoms with E-state index >= 15 is 0 Å². The number of esters is 2. The van der Waals surface area contributed by atoms with Crippen LogP contribution in [-0.2, 0) is 29.4 Å². The molecule has 1 fully saturated rings. The standard InChI is InChI=1S/C20H26N6O6/c1-4-14(27)31-16-12(7-30-19(29)15(22)10(2)3)32-20(8-21,17(16)28)13-6-5-11-18(23)24-9-25-26(11)13/h5-6,9-10,12,15-17,28H,4,7,22H2,1-3H3,(H2,23,24,25)/t12-,15+,16-,17-,20+/m1/s1. The van der Waals surface area contributed by atoms with Crippen molar-refractivity contribution >= 4 is 23.3 Å². The number of nitrogen functional groups attached to an aromatic ring is 1. The highest BCUT2D eigenvalue weighted by Gasteiger charge is 2.60. The van der Waals surface area contributed by atoms with Crippen LogP contribution in [0.2, 0.25) is 0 Å². The van der Waals surface area contributed by atoms with Gasteiger partial charge in [0.1, 0.15) is 42.8 Å². The summed E-state index contributed by atoms with van der Waals surface area (Å²) in [6.45, 7) is 4.72. The largest absolute Gasteiger partial charge is 0.462 e. The third kappa shape index (κ3) is 3.97. The number of hydrogen-bond donors (Lipinski definition) is 3. The first-order valence-corrected chi connectivity index (χ1v) is 10.1. The molecule has 0 saturated carbocycles. The second kappa shape index (κ2) is 9.07. The average molecular weight is 446 g/mol. The number of aliphatic hydroxyl groups is 1. The molecule has 0 aromatic carbocycles. The van der Waals surface area contributed by atoms with Gasteiger partial charge >= 0.3 is 11.9 Å². The number of anilines is 1. The second-order valence-electron chi connectivity index (χ2n) is 7.82. The summed E-state index contributed by atoms with van der Waals surface area (Å²) < 4.78 is 17.9. The minimum absolute atomic E-state index is 0.0331. The molecule has 0 unspecified atom stereocenters. The normalized spacial score (nSPS) is 26.1. The number of nitriles is 1. The Morgan fingerprint density at radius 3 is 2.78 bits per heavy atom. The van der Waals surface area contributed by atoms with E-state index in [1.165, 1.54) is 16.9 Å². The van der Waals surface area contributed by atoms with Crippen LogP contribution in [0, 0.1) is 17.2 Å². The van der Waals surface area contributed by atoms with Gasteiger partial charge in [-0.3, -0.25) is 9.59 Å². The van der Waals surface area contributed by atoms with E-state index in [0.29, 0.717) is 5.52 Å². The van der Waals surface area contributed by atoms with Crippen molar-refractivity contribution in [2.24, 2.45) is 11.7 Å². The molecule has 3 rings (SSSR count). The van der Waals surface area contributed by atoms with Crippen LogP contribution in [0.25, 0.3) is 5.52 Å². The second-order valence-corrected chi connectivity index (χ2v) is 7.82. The van der Waals surface area contributed by atoms with Gasteiger partial charge < -0.3 is 30.8 Å². The molecular formula is C20H26N6O6. The number of fused-ring (bicyclic) bond motifs is 1. The predicted octanol–water partition coefficient (Wildman–Crippen LogP) is -0.362. The van der Waals surface area contributed by atoms with Gasteiger partial charge in [-0.1, -0.05) is 20.8 Å². The fourth-order valence-electron chi connectivity index (χ4n) is 3.44. The van der Waals surface area contributed by atoms with E-state index in [-0.39, 0.29) is 30.5 Å². The van der Waals surface area contributed by atoms with Crippen molar-refractivity contribution in [3.8, 4) is 6.07 Å². The Bertz CT molecular complexity index is 1050. The Morgan fingerprint density at radius 2 is 2.16 bits per heavy atom. The number of carbonyl (C=O) groups excluding carboxylic acids is 2. The number of hydrogen-bond acceptors (Lipinski definition) is 11. The van der Waals surface area contributed by atoms with Crippen molar-refractivity contribution in [3.05, 3.63) is 24.2 Å². The minimum atomic E-state index is -1.98. The van der Waals surface area contributed by atoms with E-state index < -0.39 is 41.9 Å². The molecule has 5 atom stereocenters. The molecule has 0 bridgehead atoms. The molecule has 172 valence electrons. The lowest BCUT2D eigenvalue weighted by atomic mass is 9.92. The number of rotatable bonds is 7. The summed E-state index contributed by atoms with van der Waals surface area (Å²) in [5, 5.41) is 25.3. The van der Waals surface area contributed by atoms with Crippen LogP contribution >= 0.6 is 0 Å². The van der Waals surface area contributed by atoms with Gasteiger partial charge in [-0.15, -0.1) is 0 Å². The van der Waals surface area contributed by atoms with Crippen LogP contribution in [0.1, 0.15) is 32.9 Å². The van der Waals surface area contributed by atoms with E-state index in [1.54, 1.807) is 26.8 Å². The lowest BCUT2D eigenvalue weighted by molar-refractivity contribution is -0.160. The van der Waals surface area contributed by atoms with E-state index in [0.717, 1.165) is 0 Å². The first-order valence-electron chi connectivity index (χ1n) is 10.1. The Hall–Kier alpha value is -3.27. The average Bonchev–Trinajstić information content (AvgIpc) is 3.32. The highest BCUT2D eigenvalue weighted by Crippen LogP contribution is 2.41. The Labute approximate surface area is 184 Å². The van der Waals surface area contributed by atoms with Crippen molar-refractivity contribution in [2.75, 3.05) is 12.3 Å². The van der Waals surface area contributed by atoms with Gasteiger partial charge in [0.2, 0.25) is 5.60 Å². The maximum absolute atomic E-state index is 12.2. The Kier molecular flexibility index (Phi) is 6.63. The molecule has 2 aromatic heterocycles. The first kappa shape index (κ1) is 23.4. The lowest BCUT2D eigenvalue weighted by Gasteiger charge is -2.24. The van der Waals surface area contributed by atoms with Crippen LogP contribution in [-0.4, -0.2) is 62.6 Å². The van der Waals surface area contributed by atoms with Crippen molar-refractivity contribution in [1.82, 2.24) is 14.6 Å². The molecule has 3 heterocycles. The summed E-state index contributed by atoms with van der Waals surface area (Å²) >= 11 is 0. The summed E-state index contributed by atoms with van der Waals surface area (Å²) in [7, 11) is 0. The van der Waals surface area contributed by atoms with Crippen LogP contribution in [0.3, 0.4) is 0 Å². The smallest absolute Gasteiger partial charge is 0.323 e.